The fourth-order valence-corrected chi connectivity index (χ4v) is 1.09. The van der Waals surface area contributed by atoms with Gasteiger partial charge in [0.15, 0.2) is 11.6 Å². The zero-order valence-electron chi connectivity index (χ0n) is 7.45. The Morgan fingerprint density at radius 1 is 1.27 bits per heavy atom. The monoisotopic (exact) mass is 227 g/mol. The van der Waals surface area contributed by atoms with Gasteiger partial charge in [-0.1, -0.05) is 0 Å². The van der Waals surface area contributed by atoms with Crippen LogP contribution in [0.3, 0.4) is 0 Å². The Morgan fingerprint density at radius 2 is 1.80 bits per heavy atom. The van der Waals surface area contributed by atoms with Crippen LogP contribution in [0.4, 0.5) is 27.6 Å². The summed E-state index contributed by atoms with van der Waals surface area (Å²) in [5.74, 6) is -4.43. The molecule has 84 valence electrons. The van der Waals surface area contributed by atoms with Gasteiger partial charge in [0.2, 0.25) is 0 Å². The van der Waals surface area contributed by atoms with Crippen molar-refractivity contribution in [2.75, 3.05) is 12.8 Å². The highest BCUT2D eigenvalue weighted by Crippen LogP contribution is 2.39. The average molecular weight is 227 g/mol. The van der Waals surface area contributed by atoms with Crippen LogP contribution in [0.5, 0.6) is 5.75 Å². The SMILES string of the molecule is COc1c(N)cc(F)c(C(F)(F)F)c1F. The molecule has 0 aliphatic carbocycles. The van der Waals surface area contributed by atoms with Crippen LogP contribution in [-0.4, -0.2) is 7.11 Å². The molecule has 0 heterocycles. The highest BCUT2D eigenvalue weighted by Gasteiger charge is 2.39. The molecule has 7 heteroatoms. The lowest BCUT2D eigenvalue weighted by atomic mass is 10.1. The zero-order chi connectivity index (χ0) is 11.8. The highest BCUT2D eigenvalue weighted by molar-refractivity contribution is 5.56. The quantitative estimate of drug-likeness (QED) is 0.591. The molecule has 1 aromatic carbocycles. The second-order valence-electron chi connectivity index (χ2n) is 2.67. The van der Waals surface area contributed by atoms with Gasteiger partial charge in [-0.15, -0.1) is 0 Å². The van der Waals surface area contributed by atoms with Crippen LogP contribution < -0.4 is 10.5 Å². The molecule has 2 N–H and O–H groups in total. The summed E-state index contributed by atoms with van der Waals surface area (Å²) in [6, 6.07) is 0.366. The number of ether oxygens (including phenoxy) is 1. The van der Waals surface area contributed by atoms with E-state index in [2.05, 4.69) is 4.74 Å². The average Bonchev–Trinajstić information content (AvgIpc) is 2.00. The van der Waals surface area contributed by atoms with E-state index in [1.165, 1.54) is 0 Å². The van der Waals surface area contributed by atoms with Crippen molar-refractivity contribution >= 4 is 5.69 Å². The molecular weight excluding hydrogens is 221 g/mol. The van der Waals surface area contributed by atoms with E-state index in [-0.39, 0.29) is 0 Å². The van der Waals surface area contributed by atoms with E-state index < -0.39 is 34.8 Å². The number of anilines is 1. The molecule has 2 nitrogen and oxygen atoms in total. The first kappa shape index (κ1) is 11.5. The first-order valence-corrected chi connectivity index (χ1v) is 3.67. The van der Waals surface area contributed by atoms with Gasteiger partial charge in [0, 0.05) is 6.07 Å². The number of methoxy groups -OCH3 is 1. The number of alkyl halides is 3. The van der Waals surface area contributed by atoms with Crippen molar-refractivity contribution in [2.45, 2.75) is 6.18 Å². The third kappa shape index (κ3) is 1.95. The van der Waals surface area contributed by atoms with Crippen molar-refractivity contribution in [2.24, 2.45) is 0 Å². The fraction of sp³-hybridized carbons (Fsp3) is 0.250. The summed E-state index contributed by atoms with van der Waals surface area (Å²) in [4.78, 5) is 0. The second-order valence-corrected chi connectivity index (χ2v) is 2.67. The van der Waals surface area contributed by atoms with Gasteiger partial charge in [0.25, 0.3) is 0 Å². The molecule has 0 atom stereocenters. The van der Waals surface area contributed by atoms with Crippen LogP contribution in [0, 0.1) is 11.6 Å². The van der Waals surface area contributed by atoms with E-state index in [0.717, 1.165) is 7.11 Å². The van der Waals surface area contributed by atoms with E-state index in [9.17, 15) is 22.0 Å². The Bertz CT molecular complexity index is 388. The molecule has 0 saturated heterocycles. The van der Waals surface area contributed by atoms with Crippen molar-refractivity contribution in [1.29, 1.82) is 0 Å². The van der Waals surface area contributed by atoms with Gasteiger partial charge in [-0.2, -0.15) is 13.2 Å². The normalized spacial score (nSPS) is 11.6. The van der Waals surface area contributed by atoms with Crippen LogP contribution in [0.15, 0.2) is 6.07 Å². The Balaban J connectivity index is 3.53. The van der Waals surface area contributed by atoms with E-state index in [0.29, 0.717) is 6.07 Å². The van der Waals surface area contributed by atoms with E-state index >= 15 is 0 Å². The summed E-state index contributed by atoms with van der Waals surface area (Å²) < 4.78 is 66.8. The molecule has 0 aromatic heterocycles. The third-order valence-electron chi connectivity index (χ3n) is 1.69. The maximum Gasteiger partial charge on any atom is 0.422 e. The number of benzene rings is 1. The topological polar surface area (TPSA) is 35.2 Å². The molecule has 0 unspecified atom stereocenters. The molecule has 0 aliphatic heterocycles. The molecule has 0 saturated carbocycles. The van der Waals surface area contributed by atoms with Crippen molar-refractivity contribution in [1.82, 2.24) is 0 Å². The minimum Gasteiger partial charge on any atom is -0.492 e. The Kier molecular flexibility index (Phi) is 2.74. The predicted molar refractivity (Wildman–Crippen MR) is 42.3 cm³/mol. The fourth-order valence-electron chi connectivity index (χ4n) is 1.09. The van der Waals surface area contributed by atoms with Gasteiger partial charge in [0.05, 0.1) is 12.8 Å². The van der Waals surface area contributed by atoms with Crippen LogP contribution in [0.1, 0.15) is 5.56 Å². The Morgan fingerprint density at radius 3 is 2.20 bits per heavy atom. The molecule has 0 aliphatic rings. The second kappa shape index (κ2) is 3.56. The van der Waals surface area contributed by atoms with Crippen molar-refractivity contribution in [3.05, 3.63) is 23.3 Å². The Labute approximate surface area is 81.4 Å². The molecule has 15 heavy (non-hydrogen) atoms. The molecule has 0 bridgehead atoms. The molecule has 0 radical (unpaired) electrons. The minimum atomic E-state index is -5.13. The smallest absolute Gasteiger partial charge is 0.422 e. The summed E-state index contributed by atoms with van der Waals surface area (Å²) in [6.07, 6.45) is -5.13. The summed E-state index contributed by atoms with van der Waals surface area (Å²) >= 11 is 0. The van der Waals surface area contributed by atoms with Gasteiger partial charge in [-0.05, 0) is 0 Å². The zero-order valence-corrected chi connectivity index (χ0v) is 7.45. The highest BCUT2D eigenvalue weighted by atomic mass is 19.4. The maximum atomic E-state index is 13.1. The number of hydrogen-bond donors (Lipinski definition) is 1. The van der Waals surface area contributed by atoms with Gasteiger partial charge in [-0.25, -0.2) is 8.78 Å². The first-order valence-electron chi connectivity index (χ1n) is 3.67. The standard InChI is InChI=1S/C8H6F5NO/c1-15-7-4(14)2-3(9)5(6(7)10)8(11,12)13/h2H,14H2,1H3. The molecular formula is C8H6F5NO. The molecule has 1 rings (SSSR count). The van der Waals surface area contributed by atoms with E-state index in [1.807, 2.05) is 0 Å². The number of halogens is 5. The van der Waals surface area contributed by atoms with Crippen LogP contribution in [-0.2, 0) is 6.18 Å². The number of nitrogens with two attached hydrogens (primary N) is 1. The third-order valence-corrected chi connectivity index (χ3v) is 1.69. The van der Waals surface area contributed by atoms with Crippen LogP contribution in [0.2, 0.25) is 0 Å². The summed E-state index contributed by atoms with van der Waals surface area (Å²) in [6.45, 7) is 0. The lowest BCUT2D eigenvalue weighted by molar-refractivity contribution is -0.142. The van der Waals surface area contributed by atoms with Crippen LogP contribution in [0.25, 0.3) is 0 Å². The van der Waals surface area contributed by atoms with E-state index in [4.69, 9.17) is 5.73 Å². The molecule has 0 amide bonds. The van der Waals surface area contributed by atoms with Crippen LogP contribution >= 0.6 is 0 Å². The van der Waals surface area contributed by atoms with Crippen molar-refractivity contribution < 1.29 is 26.7 Å². The lowest BCUT2D eigenvalue weighted by Gasteiger charge is -2.13. The first-order chi connectivity index (χ1) is 6.79. The van der Waals surface area contributed by atoms with Gasteiger partial charge < -0.3 is 10.5 Å². The summed E-state index contributed by atoms with van der Waals surface area (Å²) in [5.41, 5.74) is 2.54. The van der Waals surface area contributed by atoms with Gasteiger partial charge >= 0.3 is 6.18 Å². The maximum absolute atomic E-state index is 13.1. The van der Waals surface area contributed by atoms with Gasteiger partial charge in [0.1, 0.15) is 11.4 Å². The number of rotatable bonds is 1. The van der Waals surface area contributed by atoms with E-state index in [1.54, 1.807) is 0 Å². The Hall–Kier alpha value is -1.53. The minimum absolute atomic E-state index is 0.366. The molecule has 1 aromatic rings. The van der Waals surface area contributed by atoms with Crippen molar-refractivity contribution in [3.63, 3.8) is 0 Å². The van der Waals surface area contributed by atoms with Crippen molar-refractivity contribution in [3.8, 4) is 5.75 Å². The summed E-state index contributed by atoms with van der Waals surface area (Å²) in [7, 11) is 0.937. The number of hydrogen-bond acceptors (Lipinski definition) is 2. The largest absolute Gasteiger partial charge is 0.492 e. The molecule has 0 fully saturated rings. The predicted octanol–water partition coefficient (Wildman–Crippen LogP) is 2.57. The number of nitrogen functional groups attached to an aromatic ring is 1. The van der Waals surface area contributed by atoms with Gasteiger partial charge in [-0.3, -0.25) is 0 Å². The lowest BCUT2D eigenvalue weighted by Crippen LogP contribution is -2.13. The summed E-state index contributed by atoms with van der Waals surface area (Å²) in [5, 5.41) is 0. The molecule has 0 spiro atoms.